The zero-order chi connectivity index (χ0) is 24.8. The van der Waals surface area contributed by atoms with Gasteiger partial charge in [-0.05, 0) is 30.5 Å². The van der Waals surface area contributed by atoms with Crippen LogP contribution in [0.3, 0.4) is 0 Å². The van der Waals surface area contributed by atoms with Crippen molar-refractivity contribution < 1.29 is 33.6 Å². The van der Waals surface area contributed by atoms with Crippen molar-refractivity contribution in [3.8, 4) is 17.2 Å². The molecule has 2 aromatic carbocycles. The summed E-state index contributed by atoms with van der Waals surface area (Å²) in [4.78, 5) is 12.2. The molecule has 10 nitrogen and oxygen atoms in total. The minimum atomic E-state index is -1.15. The summed E-state index contributed by atoms with van der Waals surface area (Å²) in [5, 5.41) is 18.0. The Labute approximate surface area is 203 Å². The van der Waals surface area contributed by atoms with Crippen molar-refractivity contribution in [3.63, 3.8) is 0 Å². The van der Waals surface area contributed by atoms with Gasteiger partial charge in [0.1, 0.15) is 28.6 Å². The molecule has 4 rings (SSSR count). The number of nitrogens with zero attached hydrogens (tertiary/aromatic N) is 2. The number of methoxy groups -OCH3 is 3. The fourth-order valence-electron chi connectivity index (χ4n) is 3.63. The number of rotatable bonds is 13. The highest BCUT2D eigenvalue weighted by Gasteiger charge is 2.28. The molecule has 1 aliphatic carbocycles. The first-order valence-electron chi connectivity index (χ1n) is 11.1. The van der Waals surface area contributed by atoms with E-state index < -0.39 is 5.97 Å². The molecular formula is C25H29N3O7. The van der Waals surface area contributed by atoms with Gasteiger partial charge >= 0.3 is 5.97 Å². The van der Waals surface area contributed by atoms with Gasteiger partial charge in [0, 0.05) is 38.3 Å². The monoisotopic (exact) mass is 483 g/mol. The van der Waals surface area contributed by atoms with Gasteiger partial charge in [0.25, 0.3) is 0 Å². The second kappa shape index (κ2) is 11.1. The topological polar surface area (TPSA) is 113 Å². The van der Waals surface area contributed by atoms with Gasteiger partial charge in [-0.1, -0.05) is 12.1 Å². The maximum absolute atomic E-state index is 12.2. The lowest BCUT2D eigenvalue weighted by molar-refractivity contribution is 0.0446. The summed E-state index contributed by atoms with van der Waals surface area (Å²) in [5.41, 5.74) is 2.26. The number of benzene rings is 2. The predicted molar refractivity (Wildman–Crippen MR) is 128 cm³/mol. The first-order valence-corrected chi connectivity index (χ1v) is 11.1. The van der Waals surface area contributed by atoms with Crippen molar-refractivity contribution in [2.45, 2.75) is 25.3 Å². The number of carboxylic acid groups (broad SMARTS) is 1. The largest absolute Gasteiger partial charge is 0.497 e. The van der Waals surface area contributed by atoms with Crippen LogP contribution in [0, 0.1) is 0 Å². The van der Waals surface area contributed by atoms with Gasteiger partial charge in [0.15, 0.2) is 13.6 Å². The van der Waals surface area contributed by atoms with Crippen molar-refractivity contribution in [2.24, 2.45) is 0 Å². The molecule has 0 spiro atoms. The third-order valence-corrected chi connectivity index (χ3v) is 5.51. The van der Waals surface area contributed by atoms with E-state index in [2.05, 4.69) is 5.32 Å². The molecule has 0 unspecified atom stereocenters. The summed E-state index contributed by atoms with van der Waals surface area (Å²) in [7, 11) is 4.59. The van der Waals surface area contributed by atoms with Crippen LogP contribution in [0.2, 0.25) is 0 Å². The molecule has 2 N–H and O–H groups in total. The fraction of sp³-hybridized carbons (Fsp3) is 0.360. The molecule has 0 aliphatic heterocycles. The van der Waals surface area contributed by atoms with E-state index in [1.54, 1.807) is 13.2 Å². The second-order valence-electron chi connectivity index (χ2n) is 8.11. The zero-order valence-corrected chi connectivity index (χ0v) is 19.9. The van der Waals surface area contributed by atoms with Crippen LogP contribution >= 0.6 is 0 Å². The van der Waals surface area contributed by atoms with Gasteiger partial charge in [0.2, 0.25) is 0 Å². The molecule has 3 aromatic rings. The highest BCUT2D eigenvalue weighted by atomic mass is 16.7. The Kier molecular flexibility index (Phi) is 7.74. The lowest BCUT2D eigenvalue weighted by atomic mass is 10.1. The van der Waals surface area contributed by atoms with E-state index in [1.807, 2.05) is 35.0 Å². The van der Waals surface area contributed by atoms with E-state index in [9.17, 15) is 9.90 Å². The molecule has 0 bridgehead atoms. The van der Waals surface area contributed by atoms with Gasteiger partial charge in [-0.2, -0.15) is 5.10 Å². The van der Waals surface area contributed by atoms with Gasteiger partial charge in [-0.25, -0.2) is 9.48 Å². The van der Waals surface area contributed by atoms with Crippen LogP contribution in [0.1, 0.15) is 40.4 Å². The first-order chi connectivity index (χ1) is 17.0. The molecule has 1 fully saturated rings. The Hall–Kier alpha value is -3.76. The smallest absolute Gasteiger partial charge is 0.341 e. The molecule has 0 atom stereocenters. The summed E-state index contributed by atoms with van der Waals surface area (Å²) in [6.07, 6.45) is 2.18. The minimum absolute atomic E-state index is 0.00317. The molecule has 1 saturated carbocycles. The van der Waals surface area contributed by atoms with Crippen LogP contribution in [0.15, 0.2) is 42.5 Å². The van der Waals surface area contributed by atoms with Crippen LogP contribution < -0.4 is 19.5 Å². The maximum atomic E-state index is 12.2. The Balaban J connectivity index is 1.71. The Morgan fingerprint density at radius 1 is 1.03 bits per heavy atom. The van der Waals surface area contributed by atoms with E-state index in [1.165, 1.54) is 20.3 Å². The Bertz CT molecular complexity index is 1160. The van der Waals surface area contributed by atoms with Crippen LogP contribution in [0.25, 0.3) is 0 Å². The molecule has 0 amide bonds. The van der Waals surface area contributed by atoms with Crippen molar-refractivity contribution in [3.05, 3.63) is 59.3 Å². The van der Waals surface area contributed by atoms with E-state index >= 15 is 0 Å². The van der Waals surface area contributed by atoms with E-state index in [4.69, 9.17) is 28.8 Å². The van der Waals surface area contributed by atoms with Crippen LogP contribution in [-0.4, -0.2) is 55.8 Å². The minimum Gasteiger partial charge on any atom is -0.497 e. The molecule has 1 aromatic heterocycles. The molecule has 186 valence electrons. The summed E-state index contributed by atoms with van der Waals surface area (Å²) < 4.78 is 28.2. The average molecular weight is 484 g/mol. The third-order valence-electron chi connectivity index (χ3n) is 5.51. The zero-order valence-electron chi connectivity index (χ0n) is 19.9. The number of nitrogens with one attached hydrogen (secondary N) is 1. The fourth-order valence-corrected chi connectivity index (χ4v) is 3.63. The number of carboxylic acids is 1. The highest BCUT2D eigenvalue weighted by Crippen LogP contribution is 2.41. The number of aromatic carboxylic acids is 1. The number of hydrogen-bond acceptors (Lipinski definition) is 8. The quantitative estimate of drug-likeness (QED) is 0.345. The predicted octanol–water partition coefficient (Wildman–Crippen LogP) is 4.22. The number of ether oxygens (including phenoxy) is 5. The van der Waals surface area contributed by atoms with Crippen LogP contribution in [0.5, 0.6) is 17.2 Å². The Morgan fingerprint density at radius 2 is 1.74 bits per heavy atom. The second-order valence-corrected chi connectivity index (χ2v) is 8.11. The number of hydrogen-bond donors (Lipinski definition) is 2. The lowest BCUT2D eigenvalue weighted by Crippen LogP contribution is -2.12. The Morgan fingerprint density at radius 3 is 2.37 bits per heavy atom. The highest BCUT2D eigenvalue weighted by molar-refractivity contribution is 5.98. The SMILES string of the molecule is COCOc1cc(Nc2cc(C3CC3)nn2Cc2ccc(OC)cc2)c(C(=O)O)c(OCOC)c1. The van der Waals surface area contributed by atoms with Gasteiger partial charge in [-0.15, -0.1) is 0 Å². The summed E-state index contributed by atoms with van der Waals surface area (Å²) in [6, 6.07) is 12.8. The van der Waals surface area contributed by atoms with Crippen molar-refractivity contribution in [2.75, 3.05) is 40.2 Å². The van der Waals surface area contributed by atoms with Crippen LogP contribution in [0.4, 0.5) is 11.5 Å². The molecule has 0 radical (unpaired) electrons. The number of carbonyl (C=O) groups is 1. The average Bonchev–Trinajstić information content (AvgIpc) is 3.64. The molecule has 1 heterocycles. The number of anilines is 2. The van der Waals surface area contributed by atoms with Crippen LogP contribution in [-0.2, 0) is 16.0 Å². The normalized spacial score (nSPS) is 12.9. The molecule has 35 heavy (non-hydrogen) atoms. The molecule has 1 aliphatic rings. The van der Waals surface area contributed by atoms with E-state index in [0.717, 1.165) is 29.8 Å². The lowest BCUT2D eigenvalue weighted by Gasteiger charge is -2.17. The maximum Gasteiger partial charge on any atom is 0.341 e. The van der Waals surface area contributed by atoms with Crippen molar-refractivity contribution in [1.82, 2.24) is 9.78 Å². The standard InChI is InChI=1S/C25H29N3O7/c1-31-14-34-19-10-21(24(25(29)30)22(11-19)35-15-32-2)26-23-12-20(17-6-7-17)27-28(23)13-16-4-8-18(33-3)9-5-16/h4-5,8-12,17,26H,6-7,13-15H2,1-3H3,(H,29,30). The van der Waals surface area contributed by atoms with Crippen molar-refractivity contribution in [1.29, 1.82) is 0 Å². The summed E-state index contributed by atoms with van der Waals surface area (Å²) in [5.74, 6) is 1.19. The summed E-state index contributed by atoms with van der Waals surface area (Å²) >= 11 is 0. The first kappa shape index (κ1) is 24.4. The van der Waals surface area contributed by atoms with Gasteiger partial charge in [0.05, 0.1) is 25.0 Å². The number of aromatic nitrogens is 2. The molecule has 0 saturated heterocycles. The van der Waals surface area contributed by atoms with E-state index in [-0.39, 0.29) is 24.9 Å². The van der Waals surface area contributed by atoms with Crippen molar-refractivity contribution >= 4 is 17.5 Å². The summed E-state index contributed by atoms with van der Waals surface area (Å²) in [6.45, 7) is 0.375. The molecular weight excluding hydrogens is 454 g/mol. The molecule has 10 heteroatoms. The third kappa shape index (κ3) is 6.03. The van der Waals surface area contributed by atoms with Gasteiger partial charge < -0.3 is 34.1 Å². The van der Waals surface area contributed by atoms with E-state index in [0.29, 0.717) is 29.7 Å². The van der Waals surface area contributed by atoms with Gasteiger partial charge in [-0.3, -0.25) is 0 Å².